The number of carbonyl (C=O) groups excluding carboxylic acids is 2. The third-order valence-electron chi connectivity index (χ3n) is 6.80. The number of aryl methyl sites for hydroxylation is 2. The number of anilines is 1. The smallest absolute Gasteiger partial charge is 0.318 e. The van der Waals surface area contributed by atoms with Crippen LogP contribution < -0.4 is 10.6 Å². The lowest BCUT2D eigenvalue weighted by Gasteiger charge is -2.29. The Balaban J connectivity index is 1.60. The Hall–Kier alpha value is -3.61. The van der Waals surface area contributed by atoms with Gasteiger partial charge in [0.05, 0.1) is 11.4 Å². The van der Waals surface area contributed by atoms with E-state index in [4.69, 9.17) is 5.10 Å². The van der Waals surface area contributed by atoms with E-state index < -0.39 is 0 Å². The fourth-order valence-electron chi connectivity index (χ4n) is 4.98. The molecule has 3 aromatic rings. The summed E-state index contributed by atoms with van der Waals surface area (Å²) in [5, 5.41) is 11.1. The molecule has 0 bridgehead atoms. The molecule has 4 rings (SSSR count). The zero-order valence-electron chi connectivity index (χ0n) is 22.5. The minimum Gasteiger partial charge on any atom is -0.335 e. The standard InChI is InChI=1S/C30H39N5O2/c1-21(2)19-34(30(37)31-25-13-9-6-10-14-25)20-27(36)32-29-28(24-11-7-5-8-12-24)23(4)33-35(29)26-17-15-22(3)16-18-26/h5,7-8,11-12,15-18,21,25H,6,9-10,13-14,19-20H2,1-4H3,(H,31,37)(H,32,36). The van der Waals surface area contributed by atoms with Crippen LogP contribution in [0.3, 0.4) is 0 Å². The largest absolute Gasteiger partial charge is 0.335 e. The van der Waals surface area contributed by atoms with Crippen molar-refractivity contribution in [2.75, 3.05) is 18.4 Å². The van der Waals surface area contributed by atoms with E-state index in [2.05, 4.69) is 24.5 Å². The molecular formula is C30H39N5O2. The summed E-state index contributed by atoms with van der Waals surface area (Å²) in [6.45, 7) is 8.59. The zero-order chi connectivity index (χ0) is 26.4. The van der Waals surface area contributed by atoms with Crippen molar-refractivity contribution in [2.45, 2.75) is 65.8 Å². The molecule has 1 saturated carbocycles. The highest BCUT2D eigenvalue weighted by Gasteiger charge is 2.25. The number of urea groups is 1. The maximum Gasteiger partial charge on any atom is 0.318 e. The van der Waals surface area contributed by atoms with E-state index in [9.17, 15) is 9.59 Å². The van der Waals surface area contributed by atoms with Crippen molar-refractivity contribution in [3.63, 3.8) is 0 Å². The molecule has 0 saturated heterocycles. The monoisotopic (exact) mass is 501 g/mol. The molecule has 2 aromatic carbocycles. The van der Waals surface area contributed by atoms with E-state index >= 15 is 0 Å². The van der Waals surface area contributed by atoms with Gasteiger partial charge in [0.1, 0.15) is 12.4 Å². The molecule has 1 aliphatic rings. The first-order valence-electron chi connectivity index (χ1n) is 13.4. The van der Waals surface area contributed by atoms with Gasteiger partial charge in [-0.3, -0.25) is 4.79 Å². The summed E-state index contributed by atoms with van der Waals surface area (Å²) in [4.78, 5) is 28.3. The SMILES string of the molecule is Cc1ccc(-n2nc(C)c(-c3ccccc3)c2NC(=O)CN(CC(C)C)C(=O)NC2CCCCC2)cc1. The van der Waals surface area contributed by atoms with Gasteiger partial charge in [0.15, 0.2) is 0 Å². The van der Waals surface area contributed by atoms with E-state index in [1.807, 2.05) is 68.4 Å². The van der Waals surface area contributed by atoms with Crippen molar-refractivity contribution in [2.24, 2.45) is 5.92 Å². The van der Waals surface area contributed by atoms with Gasteiger partial charge in [-0.25, -0.2) is 9.48 Å². The number of amides is 3. The van der Waals surface area contributed by atoms with Gasteiger partial charge < -0.3 is 15.5 Å². The fourth-order valence-corrected chi connectivity index (χ4v) is 4.98. The van der Waals surface area contributed by atoms with E-state index in [1.165, 1.54) is 6.42 Å². The van der Waals surface area contributed by atoms with Crippen molar-refractivity contribution >= 4 is 17.8 Å². The molecule has 0 aliphatic heterocycles. The predicted octanol–water partition coefficient (Wildman–Crippen LogP) is 6.09. The molecule has 0 atom stereocenters. The topological polar surface area (TPSA) is 79.3 Å². The number of benzene rings is 2. The lowest BCUT2D eigenvalue weighted by molar-refractivity contribution is -0.116. The average molecular weight is 502 g/mol. The fraction of sp³-hybridized carbons (Fsp3) is 0.433. The van der Waals surface area contributed by atoms with Crippen molar-refractivity contribution in [3.05, 3.63) is 65.9 Å². The molecule has 37 heavy (non-hydrogen) atoms. The number of aromatic nitrogens is 2. The second-order valence-electron chi connectivity index (χ2n) is 10.5. The molecule has 1 aromatic heterocycles. The number of nitrogens with one attached hydrogen (secondary N) is 2. The van der Waals surface area contributed by atoms with Gasteiger partial charge in [-0.15, -0.1) is 0 Å². The van der Waals surface area contributed by atoms with Crippen LogP contribution in [0.4, 0.5) is 10.6 Å². The van der Waals surface area contributed by atoms with Gasteiger partial charge in [0, 0.05) is 18.2 Å². The Morgan fingerprint density at radius 2 is 1.68 bits per heavy atom. The Bertz CT molecular complexity index is 1190. The average Bonchev–Trinajstić information content (AvgIpc) is 3.20. The molecule has 2 N–H and O–H groups in total. The highest BCUT2D eigenvalue weighted by molar-refractivity contribution is 5.97. The first-order chi connectivity index (χ1) is 17.8. The molecule has 7 nitrogen and oxygen atoms in total. The maximum atomic E-state index is 13.5. The van der Waals surface area contributed by atoms with Crippen LogP contribution in [0.5, 0.6) is 0 Å². The van der Waals surface area contributed by atoms with Crippen LogP contribution in [-0.2, 0) is 4.79 Å². The second kappa shape index (κ2) is 12.1. The van der Waals surface area contributed by atoms with Crippen LogP contribution in [0.2, 0.25) is 0 Å². The van der Waals surface area contributed by atoms with Crippen molar-refractivity contribution in [1.29, 1.82) is 0 Å². The summed E-state index contributed by atoms with van der Waals surface area (Å²) < 4.78 is 1.78. The van der Waals surface area contributed by atoms with Crippen LogP contribution in [0.1, 0.15) is 57.2 Å². The summed E-state index contributed by atoms with van der Waals surface area (Å²) in [5.41, 5.74) is 4.67. The minimum atomic E-state index is -0.245. The van der Waals surface area contributed by atoms with Crippen molar-refractivity contribution < 1.29 is 9.59 Å². The summed E-state index contributed by atoms with van der Waals surface area (Å²) in [5.74, 6) is 0.602. The normalized spacial score (nSPS) is 14.0. The lowest BCUT2D eigenvalue weighted by Crippen LogP contribution is -2.49. The number of nitrogens with zero attached hydrogens (tertiary/aromatic N) is 3. The second-order valence-corrected chi connectivity index (χ2v) is 10.5. The molecule has 1 fully saturated rings. The van der Waals surface area contributed by atoms with E-state index in [1.54, 1.807) is 9.58 Å². The third-order valence-corrected chi connectivity index (χ3v) is 6.80. The molecular weight excluding hydrogens is 462 g/mol. The number of carbonyl (C=O) groups is 2. The molecule has 3 amide bonds. The Labute approximate surface area is 220 Å². The maximum absolute atomic E-state index is 13.5. The first kappa shape index (κ1) is 26.5. The van der Waals surface area contributed by atoms with Gasteiger partial charge in [0.2, 0.25) is 5.91 Å². The van der Waals surface area contributed by atoms with Crippen molar-refractivity contribution in [1.82, 2.24) is 20.0 Å². The zero-order valence-corrected chi connectivity index (χ0v) is 22.5. The van der Waals surface area contributed by atoms with Gasteiger partial charge in [-0.2, -0.15) is 5.10 Å². The van der Waals surface area contributed by atoms with Gasteiger partial charge in [-0.05, 0) is 50.3 Å². The molecule has 0 radical (unpaired) electrons. The highest BCUT2D eigenvalue weighted by Crippen LogP contribution is 2.33. The molecule has 1 heterocycles. The minimum absolute atomic E-state index is 0.0247. The highest BCUT2D eigenvalue weighted by atomic mass is 16.2. The van der Waals surface area contributed by atoms with Crippen LogP contribution in [0.15, 0.2) is 54.6 Å². The molecule has 196 valence electrons. The summed E-state index contributed by atoms with van der Waals surface area (Å²) in [6, 6.07) is 18.0. The van der Waals surface area contributed by atoms with E-state index in [-0.39, 0.29) is 30.4 Å². The van der Waals surface area contributed by atoms with Crippen LogP contribution in [0.25, 0.3) is 16.8 Å². The molecule has 0 unspecified atom stereocenters. The van der Waals surface area contributed by atoms with Crippen LogP contribution in [0, 0.1) is 19.8 Å². The number of hydrogen-bond acceptors (Lipinski definition) is 3. The summed E-state index contributed by atoms with van der Waals surface area (Å²) in [6.07, 6.45) is 5.51. The lowest BCUT2D eigenvalue weighted by atomic mass is 9.96. The van der Waals surface area contributed by atoms with Gasteiger partial charge in [0.25, 0.3) is 0 Å². The summed E-state index contributed by atoms with van der Waals surface area (Å²) >= 11 is 0. The Kier molecular flexibility index (Phi) is 8.64. The van der Waals surface area contributed by atoms with Gasteiger partial charge >= 0.3 is 6.03 Å². The van der Waals surface area contributed by atoms with E-state index in [0.717, 1.165) is 53.8 Å². The quantitative estimate of drug-likeness (QED) is 0.392. The molecule has 7 heteroatoms. The third kappa shape index (κ3) is 6.79. The number of rotatable bonds is 8. The Morgan fingerprint density at radius 1 is 1.00 bits per heavy atom. The summed E-state index contributed by atoms with van der Waals surface area (Å²) in [7, 11) is 0. The van der Waals surface area contributed by atoms with Crippen molar-refractivity contribution in [3.8, 4) is 16.8 Å². The van der Waals surface area contributed by atoms with E-state index in [0.29, 0.717) is 12.4 Å². The Morgan fingerprint density at radius 3 is 2.32 bits per heavy atom. The first-order valence-corrected chi connectivity index (χ1v) is 13.4. The number of hydrogen-bond donors (Lipinski definition) is 2. The molecule has 0 spiro atoms. The van der Waals surface area contributed by atoms with Gasteiger partial charge in [-0.1, -0.05) is 81.1 Å². The predicted molar refractivity (Wildman–Crippen MR) is 149 cm³/mol. The van der Waals surface area contributed by atoms with Crippen LogP contribution >= 0.6 is 0 Å². The van der Waals surface area contributed by atoms with Crippen LogP contribution in [-0.4, -0.2) is 45.8 Å². The molecule has 1 aliphatic carbocycles.